The fourth-order valence-electron chi connectivity index (χ4n) is 1.70. The number of nitrogens with zero attached hydrogens (tertiary/aromatic N) is 1. The first kappa shape index (κ1) is 11.7. The van der Waals surface area contributed by atoms with Crippen molar-refractivity contribution in [2.45, 2.75) is 33.4 Å². The van der Waals surface area contributed by atoms with Gasteiger partial charge in [0.05, 0.1) is 11.9 Å². The number of aromatic amines is 1. The van der Waals surface area contributed by atoms with Crippen molar-refractivity contribution in [3.05, 3.63) is 35.7 Å². The van der Waals surface area contributed by atoms with Crippen LogP contribution >= 0.6 is 0 Å². The first-order chi connectivity index (χ1) is 6.88. The minimum atomic E-state index is -1.39. The fourth-order valence-corrected chi connectivity index (χ4v) is 1.70. The third-order valence-corrected chi connectivity index (χ3v) is 2.45. The molecule has 0 aliphatic heterocycles. The molecule has 0 fully saturated rings. The molecule has 0 aliphatic carbocycles. The molecular weight excluding hydrogens is 191 g/mol. The Balaban J connectivity index is 3.30. The second kappa shape index (κ2) is 4.01. The number of aromatic nitrogens is 2. The second-order valence-corrected chi connectivity index (χ2v) is 4.14. The largest absolute Gasteiger partial charge is 0.278 e. The van der Waals surface area contributed by atoms with Crippen LogP contribution in [0.4, 0.5) is 4.39 Å². The zero-order valence-corrected chi connectivity index (χ0v) is 9.69. The van der Waals surface area contributed by atoms with Crippen molar-refractivity contribution in [1.29, 1.82) is 0 Å². The predicted octanol–water partition coefficient (Wildman–Crippen LogP) is 3.43. The Kier molecular flexibility index (Phi) is 3.12. The zero-order chi connectivity index (χ0) is 11.6. The van der Waals surface area contributed by atoms with Crippen LogP contribution in [-0.2, 0) is 0 Å². The van der Waals surface area contributed by atoms with Gasteiger partial charge < -0.3 is 0 Å². The molecule has 0 spiro atoms. The number of rotatable bonds is 3. The number of nitrogens with one attached hydrogen (secondary N) is 1. The fraction of sp³-hybridized carbons (Fsp3) is 0.417. The second-order valence-electron chi connectivity index (χ2n) is 4.14. The minimum Gasteiger partial charge on any atom is -0.278 e. The van der Waals surface area contributed by atoms with E-state index in [1.807, 2.05) is 13.8 Å². The van der Waals surface area contributed by atoms with Crippen molar-refractivity contribution in [3.63, 3.8) is 0 Å². The molecule has 0 atom stereocenters. The van der Waals surface area contributed by atoms with Crippen LogP contribution in [0.15, 0.2) is 24.4 Å². The van der Waals surface area contributed by atoms with Crippen molar-refractivity contribution in [1.82, 2.24) is 10.2 Å². The van der Waals surface area contributed by atoms with E-state index in [9.17, 15) is 4.39 Å². The number of allylic oxidation sites excluding steroid dienone is 3. The average Bonchev–Trinajstić information content (AvgIpc) is 2.49. The molecule has 3 heteroatoms. The number of aryl methyl sites for hydroxylation is 1. The molecule has 2 nitrogen and oxygen atoms in total. The van der Waals surface area contributed by atoms with Gasteiger partial charge in [0.2, 0.25) is 0 Å². The lowest BCUT2D eigenvalue weighted by Crippen LogP contribution is -2.15. The summed E-state index contributed by atoms with van der Waals surface area (Å²) >= 11 is 0. The Labute approximate surface area is 89.9 Å². The number of hydrogen-bond donors (Lipinski definition) is 1. The van der Waals surface area contributed by atoms with Gasteiger partial charge in [-0.05, 0) is 44.4 Å². The molecule has 0 saturated carbocycles. The molecule has 0 unspecified atom stereocenters. The molecule has 0 aromatic carbocycles. The molecule has 0 radical (unpaired) electrons. The van der Waals surface area contributed by atoms with E-state index < -0.39 is 5.67 Å². The van der Waals surface area contributed by atoms with E-state index in [1.165, 1.54) is 13.8 Å². The van der Waals surface area contributed by atoms with Gasteiger partial charge in [0, 0.05) is 0 Å². The van der Waals surface area contributed by atoms with Gasteiger partial charge in [-0.1, -0.05) is 12.7 Å². The first-order valence-electron chi connectivity index (χ1n) is 4.91. The van der Waals surface area contributed by atoms with Crippen molar-refractivity contribution in [2.75, 3.05) is 0 Å². The molecule has 0 amide bonds. The summed E-state index contributed by atoms with van der Waals surface area (Å²) < 4.78 is 13.9. The van der Waals surface area contributed by atoms with Crippen molar-refractivity contribution >= 4 is 5.57 Å². The molecule has 0 bridgehead atoms. The van der Waals surface area contributed by atoms with Gasteiger partial charge in [0.25, 0.3) is 0 Å². The Morgan fingerprint density at radius 1 is 1.60 bits per heavy atom. The van der Waals surface area contributed by atoms with E-state index in [1.54, 1.807) is 12.3 Å². The quantitative estimate of drug-likeness (QED) is 0.757. The van der Waals surface area contributed by atoms with E-state index in [-0.39, 0.29) is 0 Å². The van der Waals surface area contributed by atoms with E-state index in [2.05, 4.69) is 16.8 Å². The van der Waals surface area contributed by atoms with E-state index in [4.69, 9.17) is 0 Å². The average molecular weight is 208 g/mol. The van der Waals surface area contributed by atoms with Crippen molar-refractivity contribution in [3.8, 4) is 0 Å². The highest BCUT2D eigenvalue weighted by Crippen LogP contribution is 2.30. The SMILES string of the molecule is C=C/C(=C(\C)c1[nH]ncc1C)C(C)(C)F. The van der Waals surface area contributed by atoms with Gasteiger partial charge in [0.15, 0.2) is 0 Å². The van der Waals surface area contributed by atoms with Gasteiger partial charge >= 0.3 is 0 Å². The van der Waals surface area contributed by atoms with Crippen LogP contribution in [0.1, 0.15) is 32.0 Å². The molecule has 1 aromatic rings. The Hall–Kier alpha value is -1.38. The summed E-state index contributed by atoms with van der Waals surface area (Å²) in [7, 11) is 0. The van der Waals surface area contributed by atoms with Crippen LogP contribution in [0.25, 0.3) is 5.57 Å². The molecular formula is C12H17FN2. The lowest BCUT2D eigenvalue weighted by molar-refractivity contribution is 0.275. The summed E-state index contributed by atoms with van der Waals surface area (Å²) in [5.74, 6) is 0. The Morgan fingerprint density at radius 2 is 2.20 bits per heavy atom. The standard InChI is InChI=1S/C12H17FN2/c1-6-10(12(4,5)13)9(3)11-8(2)7-14-15-11/h6-7H,1H2,2-5H3,(H,14,15)/b10-9-. The van der Waals surface area contributed by atoms with Gasteiger partial charge in [-0.25, -0.2) is 4.39 Å². The normalized spacial score (nSPS) is 13.7. The molecule has 1 rings (SSSR count). The van der Waals surface area contributed by atoms with E-state index >= 15 is 0 Å². The van der Waals surface area contributed by atoms with Gasteiger partial charge in [0.1, 0.15) is 5.67 Å². The molecule has 15 heavy (non-hydrogen) atoms. The molecule has 1 heterocycles. The third kappa shape index (κ3) is 2.35. The van der Waals surface area contributed by atoms with Gasteiger partial charge in [-0.15, -0.1) is 0 Å². The summed E-state index contributed by atoms with van der Waals surface area (Å²) in [5, 5.41) is 6.80. The number of hydrogen-bond acceptors (Lipinski definition) is 1. The minimum absolute atomic E-state index is 0.592. The van der Waals surface area contributed by atoms with Crippen LogP contribution in [0.2, 0.25) is 0 Å². The highest BCUT2D eigenvalue weighted by Gasteiger charge is 2.23. The molecule has 1 aromatic heterocycles. The van der Waals surface area contributed by atoms with E-state index in [0.717, 1.165) is 16.8 Å². The lowest BCUT2D eigenvalue weighted by Gasteiger charge is -2.18. The zero-order valence-electron chi connectivity index (χ0n) is 9.69. The highest BCUT2D eigenvalue weighted by atomic mass is 19.1. The Morgan fingerprint density at radius 3 is 2.53 bits per heavy atom. The van der Waals surface area contributed by atoms with Crippen LogP contribution in [0.5, 0.6) is 0 Å². The molecule has 0 aliphatic rings. The summed E-state index contributed by atoms with van der Waals surface area (Å²) in [6, 6.07) is 0. The van der Waals surface area contributed by atoms with Crippen LogP contribution < -0.4 is 0 Å². The predicted molar refractivity (Wildman–Crippen MR) is 61.3 cm³/mol. The third-order valence-electron chi connectivity index (χ3n) is 2.45. The number of H-pyrrole nitrogens is 1. The van der Waals surface area contributed by atoms with Crippen LogP contribution in [0, 0.1) is 6.92 Å². The summed E-state index contributed by atoms with van der Waals surface area (Å²) in [6.45, 7) is 10.5. The maximum Gasteiger partial charge on any atom is 0.130 e. The number of halogens is 1. The van der Waals surface area contributed by atoms with Crippen LogP contribution in [-0.4, -0.2) is 15.9 Å². The van der Waals surface area contributed by atoms with Crippen molar-refractivity contribution < 1.29 is 4.39 Å². The molecule has 82 valence electrons. The van der Waals surface area contributed by atoms with Gasteiger partial charge in [-0.3, -0.25) is 5.10 Å². The Bertz CT molecular complexity index is 394. The number of alkyl halides is 1. The molecule has 0 saturated heterocycles. The lowest BCUT2D eigenvalue weighted by atomic mass is 9.93. The first-order valence-corrected chi connectivity index (χ1v) is 4.91. The smallest absolute Gasteiger partial charge is 0.130 e. The van der Waals surface area contributed by atoms with Gasteiger partial charge in [-0.2, -0.15) is 5.10 Å². The summed E-state index contributed by atoms with van der Waals surface area (Å²) in [6.07, 6.45) is 3.29. The summed E-state index contributed by atoms with van der Waals surface area (Å²) in [5.41, 5.74) is 1.94. The van der Waals surface area contributed by atoms with Crippen molar-refractivity contribution in [2.24, 2.45) is 0 Å². The van der Waals surface area contributed by atoms with E-state index in [0.29, 0.717) is 5.57 Å². The highest BCUT2D eigenvalue weighted by molar-refractivity contribution is 5.70. The maximum atomic E-state index is 13.9. The topological polar surface area (TPSA) is 28.7 Å². The summed E-state index contributed by atoms with van der Waals surface area (Å²) in [4.78, 5) is 0. The maximum absolute atomic E-state index is 13.9. The molecule has 1 N–H and O–H groups in total. The van der Waals surface area contributed by atoms with Crippen LogP contribution in [0.3, 0.4) is 0 Å². The monoisotopic (exact) mass is 208 g/mol.